The normalized spacial score (nSPS) is 11.8. The van der Waals surface area contributed by atoms with Crippen LogP contribution in [-0.4, -0.2) is 5.78 Å². The molecule has 0 saturated carbocycles. The molecule has 0 N–H and O–H groups in total. The number of carbonyl (C=O) groups is 1. The van der Waals surface area contributed by atoms with E-state index in [1.54, 1.807) is 18.2 Å². The molecule has 1 atom stereocenters. The summed E-state index contributed by atoms with van der Waals surface area (Å²) in [7, 11) is 0. The minimum atomic E-state index is -0.889. The van der Waals surface area contributed by atoms with Crippen LogP contribution in [-0.2, 0) is 0 Å². The molecule has 2 nitrogen and oxygen atoms in total. The van der Waals surface area contributed by atoms with Crippen LogP contribution in [0.2, 0.25) is 10.0 Å². The largest absolute Gasteiger partial charge is 0.292 e. The van der Waals surface area contributed by atoms with E-state index in [-0.39, 0.29) is 11.3 Å². The van der Waals surface area contributed by atoms with E-state index in [2.05, 4.69) is 6.07 Å². The molecule has 0 aliphatic heterocycles. The van der Waals surface area contributed by atoms with Crippen molar-refractivity contribution < 1.29 is 4.79 Å². The molecule has 2 rings (SSSR count). The van der Waals surface area contributed by atoms with Gasteiger partial charge in [-0.15, -0.1) is 0 Å². The van der Waals surface area contributed by atoms with Gasteiger partial charge in [-0.25, -0.2) is 0 Å². The number of rotatable bonds is 3. The van der Waals surface area contributed by atoms with Crippen molar-refractivity contribution in [3.8, 4) is 6.07 Å². The predicted molar refractivity (Wildman–Crippen MR) is 85.1 cm³/mol. The maximum Gasteiger partial charge on any atom is 0.185 e. The molecule has 0 fully saturated rings. The Labute approximate surface area is 133 Å². The number of ketones is 1. The van der Waals surface area contributed by atoms with E-state index >= 15 is 0 Å². The van der Waals surface area contributed by atoms with E-state index in [1.807, 2.05) is 26.0 Å². The van der Waals surface area contributed by atoms with Gasteiger partial charge in [0.2, 0.25) is 0 Å². The average Bonchev–Trinajstić information content (AvgIpc) is 2.46. The Bertz CT molecular complexity index is 747. The Morgan fingerprint density at radius 1 is 1.10 bits per heavy atom. The quantitative estimate of drug-likeness (QED) is 0.739. The summed E-state index contributed by atoms with van der Waals surface area (Å²) in [6, 6.07) is 12.3. The number of hydrogen-bond acceptors (Lipinski definition) is 2. The molecule has 2 aromatic rings. The van der Waals surface area contributed by atoms with Gasteiger partial charge in [0, 0.05) is 10.6 Å². The van der Waals surface area contributed by atoms with Gasteiger partial charge in [0.05, 0.1) is 11.1 Å². The van der Waals surface area contributed by atoms with Crippen molar-refractivity contribution >= 4 is 29.0 Å². The highest BCUT2D eigenvalue weighted by atomic mass is 35.5. The van der Waals surface area contributed by atoms with Gasteiger partial charge in [0.1, 0.15) is 5.92 Å². The molecule has 0 spiro atoms. The van der Waals surface area contributed by atoms with Gasteiger partial charge in [0.25, 0.3) is 0 Å². The molecule has 0 radical (unpaired) electrons. The lowest BCUT2D eigenvalue weighted by atomic mass is 9.90. The highest BCUT2D eigenvalue weighted by Crippen LogP contribution is 2.28. The number of benzene rings is 2. The van der Waals surface area contributed by atoms with Gasteiger partial charge in [-0.3, -0.25) is 4.79 Å². The maximum atomic E-state index is 12.6. The third-order valence-corrected chi connectivity index (χ3v) is 4.01. The molecule has 0 amide bonds. The Morgan fingerprint density at radius 3 is 2.43 bits per heavy atom. The first-order valence-corrected chi connectivity index (χ1v) is 7.15. The minimum Gasteiger partial charge on any atom is -0.292 e. The first kappa shape index (κ1) is 15.6. The molecule has 0 aliphatic carbocycles. The lowest BCUT2D eigenvalue weighted by molar-refractivity contribution is 0.0979. The second-order valence-electron chi connectivity index (χ2n) is 4.89. The molecule has 21 heavy (non-hydrogen) atoms. The first-order valence-electron chi connectivity index (χ1n) is 6.40. The standard InChI is InChI=1S/C17H13Cl2NO/c1-10-3-4-12(7-11(10)2)15(9-20)17(21)14-8-13(18)5-6-16(14)19/h3-8,15H,1-2H3. The van der Waals surface area contributed by atoms with Crippen LogP contribution in [0.3, 0.4) is 0 Å². The van der Waals surface area contributed by atoms with Crippen LogP contribution in [0.5, 0.6) is 0 Å². The summed E-state index contributed by atoms with van der Waals surface area (Å²) >= 11 is 12.0. The molecular formula is C17H13Cl2NO. The average molecular weight is 318 g/mol. The topological polar surface area (TPSA) is 40.9 Å². The SMILES string of the molecule is Cc1ccc(C(C#N)C(=O)c2cc(Cl)ccc2Cl)cc1C. The van der Waals surface area contributed by atoms with Crippen molar-refractivity contribution in [3.63, 3.8) is 0 Å². The van der Waals surface area contributed by atoms with Crippen LogP contribution in [0.4, 0.5) is 0 Å². The number of nitriles is 1. The zero-order chi connectivity index (χ0) is 15.6. The number of Topliss-reactive ketones (excluding diaryl/α,β-unsaturated/α-hetero) is 1. The zero-order valence-electron chi connectivity index (χ0n) is 11.7. The molecular weight excluding hydrogens is 305 g/mol. The third-order valence-electron chi connectivity index (χ3n) is 3.45. The van der Waals surface area contributed by atoms with Crippen molar-refractivity contribution in [3.05, 3.63) is 68.7 Å². The van der Waals surface area contributed by atoms with E-state index in [9.17, 15) is 10.1 Å². The monoisotopic (exact) mass is 317 g/mol. The Hall–Kier alpha value is -1.82. The van der Waals surface area contributed by atoms with E-state index in [0.29, 0.717) is 15.6 Å². The summed E-state index contributed by atoms with van der Waals surface area (Å²) in [6.07, 6.45) is 0. The van der Waals surface area contributed by atoms with Gasteiger partial charge in [0.15, 0.2) is 5.78 Å². The Balaban J connectivity index is 2.46. The lowest BCUT2D eigenvalue weighted by Crippen LogP contribution is -2.12. The number of nitrogens with zero attached hydrogens (tertiary/aromatic N) is 1. The molecule has 1 unspecified atom stereocenters. The van der Waals surface area contributed by atoms with Crippen LogP contribution >= 0.6 is 23.2 Å². The fourth-order valence-corrected chi connectivity index (χ4v) is 2.45. The fraction of sp³-hybridized carbons (Fsp3) is 0.176. The Morgan fingerprint density at radius 2 is 1.81 bits per heavy atom. The number of hydrogen-bond donors (Lipinski definition) is 0. The molecule has 106 valence electrons. The number of carbonyl (C=O) groups excluding carboxylic acids is 1. The van der Waals surface area contributed by atoms with E-state index in [0.717, 1.165) is 11.1 Å². The third kappa shape index (κ3) is 3.26. The molecule has 0 heterocycles. The number of aryl methyl sites for hydroxylation is 2. The first-order chi connectivity index (χ1) is 9.93. The molecule has 0 aliphatic rings. The van der Waals surface area contributed by atoms with Crippen molar-refractivity contribution in [1.82, 2.24) is 0 Å². The van der Waals surface area contributed by atoms with E-state index < -0.39 is 5.92 Å². The second-order valence-corrected chi connectivity index (χ2v) is 5.74. The lowest BCUT2D eigenvalue weighted by Gasteiger charge is -2.12. The van der Waals surface area contributed by atoms with Gasteiger partial charge in [-0.05, 0) is 48.7 Å². The summed E-state index contributed by atoms with van der Waals surface area (Å²) in [5.41, 5.74) is 3.09. The van der Waals surface area contributed by atoms with Crippen LogP contribution < -0.4 is 0 Å². The second kappa shape index (κ2) is 6.30. The van der Waals surface area contributed by atoms with Crippen molar-refractivity contribution in [2.45, 2.75) is 19.8 Å². The highest BCUT2D eigenvalue weighted by Gasteiger charge is 2.24. The molecule has 0 aromatic heterocycles. The summed E-state index contributed by atoms with van der Waals surface area (Å²) in [5, 5.41) is 10.1. The van der Waals surface area contributed by atoms with E-state index in [4.69, 9.17) is 23.2 Å². The summed E-state index contributed by atoms with van der Waals surface area (Å²) in [4.78, 5) is 12.6. The van der Waals surface area contributed by atoms with Crippen LogP contribution in [0.15, 0.2) is 36.4 Å². The van der Waals surface area contributed by atoms with Gasteiger partial charge >= 0.3 is 0 Å². The smallest absolute Gasteiger partial charge is 0.185 e. The maximum absolute atomic E-state index is 12.6. The highest BCUT2D eigenvalue weighted by molar-refractivity contribution is 6.36. The molecule has 2 aromatic carbocycles. The molecule has 0 bridgehead atoms. The zero-order valence-corrected chi connectivity index (χ0v) is 13.2. The van der Waals surface area contributed by atoms with Crippen molar-refractivity contribution in [1.29, 1.82) is 5.26 Å². The minimum absolute atomic E-state index is 0.272. The predicted octanol–water partition coefficient (Wildman–Crippen LogP) is 5.10. The fourth-order valence-electron chi connectivity index (χ4n) is 2.07. The summed E-state index contributed by atoms with van der Waals surface area (Å²) in [6.45, 7) is 3.93. The van der Waals surface area contributed by atoms with E-state index in [1.165, 1.54) is 6.07 Å². The van der Waals surface area contributed by atoms with Crippen molar-refractivity contribution in [2.24, 2.45) is 0 Å². The number of halogens is 2. The summed E-state index contributed by atoms with van der Waals surface area (Å²) in [5.74, 6) is -1.23. The van der Waals surface area contributed by atoms with Crippen LogP contribution in [0, 0.1) is 25.2 Å². The van der Waals surface area contributed by atoms with Crippen LogP contribution in [0.25, 0.3) is 0 Å². The Kier molecular flexibility index (Phi) is 4.67. The van der Waals surface area contributed by atoms with Crippen LogP contribution in [0.1, 0.15) is 33.0 Å². The van der Waals surface area contributed by atoms with Gasteiger partial charge < -0.3 is 0 Å². The van der Waals surface area contributed by atoms with Gasteiger partial charge in [-0.2, -0.15) is 5.26 Å². The van der Waals surface area contributed by atoms with Crippen molar-refractivity contribution in [2.75, 3.05) is 0 Å². The van der Waals surface area contributed by atoms with Gasteiger partial charge in [-0.1, -0.05) is 41.4 Å². The summed E-state index contributed by atoms with van der Waals surface area (Å²) < 4.78 is 0. The molecule has 4 heteroatoms. The molecule has 0 saturated heterocycles.